The van der Waals surface area contributed by atoms with Gasteiger partial charge in [-0.25, -0.2) is 0 Å². The molecule has 4 nitrogen and oxygen atoms in total. The van der Waals surface area contributed by atoms with Crippen molar-refractivity contribution in [2.75, 3.05) is 25.0 Å². The van der Waals surface area contributed by atoms with Crippen LogP contribution in [-0.4, -0.2) is 35.6 Å². The molecule has 24 heavy (non-hydrogen) atoms. The van der Waals surface area contributed by atoms with E-state index < -0.39 is 0 Å². The largest absolute Gasteiger partial charge is 0.396 e. The number of piperidine rings is 1. The number of hydrogen-bond donors (Lipinski definition) is 2. The smallest absolute Gasteiger partial charge is 0.253 e. The average Bonchev–Trinajstić information content (AvgIpc) is 2.67. The lowest BCUT2D eigenvalue weighted by molar-refractivity contribution is 0.0621. The first-order valence-corrected chi connectivity index (χ1v) is 8.54. The molecule has 0 saturated carbocycles. The number of benzene rings is 2. The van der Waals surface area contributed by atoms with Crippen molar-refractivity contribution in [1.29, 1.82) is 0 Å². The molecule has 0 bridgehead atoms. The fraction of sp³-hybridized carbons (Fsp3) is 0.350. The molecule has 2 aromatic rings. The van der Waals surface area contributed by atoms with Gasteiger partial charge in [0, 0.05) is 37.5 Å². The zero-order valence-electron chi connectivity index (χ0n) is 13.8. The van der Waals surface area contributed by atoms with E-state index in [2.05, 4.69) is 17.4 Å². The molecule has 0 radical (unpaired) electrons. The van der Waals surface area contributed by atoms with Crippen LogP contribution >= 0.6 is 0 Å². The highest BCUT2D eigenvalue weighted by Gasteiger charge is 2.24. The Hall–Kier alpha value is -2.33. The predicted molar refractivity (Wildman–Crippen MR) is 95.9 cm³/mol. The SMILES string of the molecule is O=C(c1cccc(NCc2ccccc2)c1)N1CCCC(CO)C1. The number of nitrogens with zero attached hydrogens (tertiary/aromatic N) is 1. The molecule has 2 N–H and O–H groups in total. The molecular weight excluding hydrogens is 300 g/mol. The van der Waals surface area contributed by atoms with Gasteiger partial charge in [-0.2, -0.15) is 0 Å². The molecule has 1 atom stereocenters. The number of likely N-dealkylation sites (tertiary alicyclic amines) is 1. The summed E-state index contributed by atoms with van der Waals surface area (Å²) in [6, 6.07) is 17.8. The van der Waals surface area contributed by atoms with Gasteiger partial charge in [0.05, 0.1) is 0 Å². The van der Waals surface area contributed by atoms with Crippen molar-refractivity contribution in [3.63, 3.8) is 0 Å². The van der Waals surface area contributed by atoms with Crippen molar-refractivity contribution in [3.05, 3.63) is 65.7 Å². The Morgan fingerprint density at radius 1 is 1.17 bits per heavy atom. The molecular formula is C20H24N2O2. The second-order valence-electron chi connectivity index (χ2n) is 6.36. The second kappa shape index (κ2) is 7.97. The monoisotopic (exact) mass is 324 g/mol. The number of anilines is 1. The predicted octanol–water partition coefficient (Wildman–Crippen LogP) is 3.14. The van der Waals surface area contributed by atoms with Crippen LogP contribution in [0.25, 0.3) is 0 Å². The minimum atomic E-state index is 0.0523. The molecule has 0 aliphatic carbocycles. The molecule has 3 rings (SSSR count). The Morgan fingerprint density at radius 2 is 2.00 bits per heavy atom. The van der Waals surface area contributed by atoms with Gasteiger partial charge in [0.25, 0.3) is 5.91 Å². The first-order chi connectivity index (χ1) is 11.8. The Kier molecular flexibility index (Phi) is 5.49. The molecule has 1 aliphatic heterocycles. The first kappa shape index (κ1) is 16.5. The molecule has 1 saturated heterocycles. The molecule has 1 unspecified atom stereocenters. The summed E-state index contributed by atoms with van der Waals surface area (Å²) < 4.78 is 0. The number of amides is 1. The van der Waals surface area contributed by atoms with Gasteiger partial charge in [0.15, 0.2) is 0 Å². The quantitative estimate of drug-likeness (QED) is 0.888. The van der Waals surface area contributed by atoms with E-state index in [1.807, 2.05) is 47.4 Å². The van der Waals surface area contributed by atoms with E-state index in [4.69, 9.17) is 0 Å². The minimum Gasteiger partial charge on any atom is -0.396 e. The maximum Gasteiger partial charge on any atom is 0.253 e. The molecule has 126 valence electrons. The highest BCUT2D eigenvalue weighted by molar-refractivity contribution is 5.95. The third-order valence-corrected chi connectivity index (χ3v) is 4.51. The summed E-state index contributed by atoms with van der Waals surface area (Å²) in [6.45, 7) is 2.31. The summed E-state index contributed by atoms with van der Waals surface area (Å²) in [6.07, 6.45) is 1.96. The van der Waals surface area contributed by atoms with Gasteiger partial charge >= 0.3 is 0 Å². The summed E-state index contributed by atoms with van der Waals surface area (Å²) >= 11 is 0. The molecule has 0 spiro atoms. The molecule has 2 aromatic carbocycles. The fourth-order valence-corrected chi connectivity index (χ4v) is 3.14. The van der Waals surface area contributed by atoms with Gasteiger partial charge in [-0.1, -0.05) is 36.4 Å². The molecule has 1 heterocycles. The van der Waals surface area contributed by atoms with Gasteiger partial charge in [0.2, 0.25) is 0 Å². The van der Waals surface area contributed by atoms with Crippen molar-refractivity contribution in [2.24, 2.45) is 5.92 Å². The van der Waals surface area contributed by atoms with Crippen LogP contribution in [0.4, 0.5) is 5.69 Å². The van der Waals surface area contributed by atoms with Crippen LogP contribution < -0.4 is 5.32 Å². The molecule has 1 amide bonds. The molecule has 1 fully saturated rings. The maximum absolute atomic E-state index is 12.7. The van der Waals surface area contributed by atoms with E-state index in [0.29, 0.717) is 12.1 Å². The van der Waals surface area contributed by atoms with Crippen molar-refractivity contribution >= 4 is 11.6 Å². The highest BCUT2D eigenvalue weighted by Crippen LogP contribution is 2.20. The van der Waals surface area contributed by atoms with Crippen molar-refractivity contribution in [1.82, 2.24) is 4.90 Å². The van der Waals surface area contributed by atoms with E-state index >= 15 is 0 Å². The van der Waals surface area contributed by atoms with Crippen LogP contribution in [0.5, 0.6) is 0 Å². The van der Waals surface area contributed by atoms with Gasteiger partial charge in [0.1, 0.15) is 0 Å². The lowest BCUT2D eigenvalue weighted by Gasteiger charge is -2.32. The van der Waals surface area contributed by atoms with Crippen LogP contribution in [0.15, 0.2) is 54.6 Å². The lowest BCUT2D eigenvalue weighted by atomic mass is 9.98. The summed E-state index contributed by atoms with van der Waals surface area (Å²) in [7, 11) is 0. The Balaban J connectivity index is 1.65. The zero-order chi connectivity index (χ0) is 16.8. The Bertz CT molecular complexity index is 672. The van der Waals surface area contributed by atoms with Crippen LogP contribution in [0.2, 0.25) is 0 Å². The Labute approximate surface area is 143 Å². The van der Waals surface area contributed by atoms with Crippen molar-refractivity contribution in [2.45, 2.75) is 19.4 Å². The summed E-state index contributed by atoms with van der Waals surface area (Å²) in [5.41, 5.74) is 2.85. The number of carbonyl (C=O) groups is 1. The van der Waals surface area contributed by atoms with Crippen LogP contribution in [-0.2, 0) is 6.54 Å². The standard InChI is InChI=1S/C20H24N2O2/c23-15-17-8-5-11-22(14-17)20(24)18-9-4-10-19(12-18)21-13-16-6-2-1-3-7-16/h1-4,6-7,9-10,12,17,21,23H,5,8,11,13-15H2. The maximum atomic E-state index is 12.7. The molecule has 4 heteroatoms. The average molecular weight is 324 g/mol. The minimum absolute atomic E-state index is 0.0523. The summed E-state index contributed by atoms with van der Waals surface area (Å²) in [5, 5.41) is 12.7. The third kappa shape index (κ3) is 4.15. The number of carbonyl (C=O) groups excluding carboxylic acids is 1. The topological polar surface area (TPSA) is 52.6 Å². The molecule has 1 aliphatic rings. The summed E-state index contributed by atoms with van der Waals surface area (Å²) in [4.78, 5) is 14.6. The highest BCUT2D eigenvalue weighted by atomic mass is 16.3. The number of hydrogen-bond acceptors (Lipinski definition) is 3. The van der Waals surface area contributed by atoms with Gasteiger partial charge in [-0.05, 0) is 42.5 Å². The van der Waals surface area contributed by atoms with Gasteiger partial charge in [-0.3, -0.25) is 4.79 Å². The number of aliphatic hydroxyl groups is 1. The Morgan fingerprint density at radius 3 is 2.79 bits per heavy atom. The van der Waals surface area contributed by atoms with Gasteiger partial charge < -0.3 is 15.3 Å². The number of rotatable bonds is 5. The van der Waals surface area contributed by atoms with Crippen molar-refractivity contribution in [3.8, 4) is 0 Å². The summed E-state index contributed by atoms with van der Waals surface area (Å²) in [5.74, 6) is 0.263. The van der Waals surface area contributed by atoms with E-state index in [1.165, 1.54) is 5.56 Å². The zero-order valence-corrected chi connectivity index (χ0v) is 13.8. The number of aliphatic hydroxyl groups excluding tert-OH is 1. The van der Waals surface area contributed by atoms with Crippen molar-refractivity contribution < 1.29 is 9.90 Å². The third-order valence-electron chi connectivity index (χ3n) is 4.51. The second-order valence-corrected chi connectivity index (χ2v) is 6.36. The van der Waals surface area contributed by atoms with Crippen LogP contribution in [0.3, 0.4) is 0 Å². The van der Waals surface area contributed by atoms with E-state index in [1.54, 1.807) is 0 Å². The molecule has 0 aromatic heterocycles. The van der Waals surface area contributed by atoms with Gasteiger partial charge in [-0.15, -0.1) is 0 Å². The van der Waals surface area contributed by atoms with Crippen LogP contribution in [0, 0.1) is 5.92 Å². The lowest BCUT2D eigenvalue weighted by Crippen LogP contribution is -2.40. The fourth-order valence-electron chi connectivity index (χ4n) is 3.14. The van der Waals surface area contributed by atoms with E-state index in [-0.39, 0.29) is 18.4 Å². The van der Waals surface area contributed by atoms with Crippen LogP contribution in [0.1, 0.15) is 28.8 Å². The normalized spacial score (nSPS) is 17.5. The number of nitrogens with one attached hydrogen (secondary N) is 1. The van der Waals surface area contributed by atoms with E-state index in [9.17, 15) is 9.90 Å². The van der Waals surface area contributed by atoms with E-state index in [0.717, 1.165) is 31.6 Å². The first-order valence-electron chi connectivity index (χ1n) is 8.54.